The Labute approximate surface area is 171 Å². The highest BCUT2D eigenvalue weighted by molar-refractivity contribution is 5.80. The van der Waals surface area contributed by atoms with E-state index in [9.17, 15) is 4.79 Å². The second kappa shape index (κ2) is 9.04. The fraction of sp³-hybridized carbons (Fsp3) is 0.864. The van der Waals surface area contributed by atoms with E-state index in [2.05, 4.69) is 67.9 Å². The zero-order chi connectivity index (χ0) is 21.1. The van der Waals surface area contributed by atoms with E-state index in [0.717, 1.165) is 45.0 Å². The molecule has 2 heterocycles. The van der Waals surface area contributed by atoms with Crippen LogP contribution in [0.5, 0.6) is 0 Å². The number of ketones is 1. The average molecular weight is 392 g/mol. The van der Waals surface area contributed by atoms with Crippen LogP contribution in [-0.2, 0) is 17.9 Å². The van der Waals surface area contributed by atoms with Crippen LogP contribution in [0, 0.1) is 16.7 Å². The van der Waals surface area contributed by atoms with Crippen LogP contribution in [0.3, 0.4) is 0 Å². The Morgan fingerprint density at radius 2 is 1.64 bits per heavy atom. The van der Waals surface area contributed by atoms with Gasteiger partial charge in [-0.1, -0.05) is 46.8 Å². The summed E-state index contributed by atoms with van der Waals surface area (Å²) >= 11 is 0. The molecule has 28 heavy (non-hydrogen) atoms. The van der Waals surface area contributed by atoms with Gasteiger partial charge in [-0.05, 0) is 24.7 Å². The molecule has 0 aromatic carbocycles. The molecule has 0 amide bonds. The van der Waals surface area contributed by atoms with Crippen LogP contribution in [0.4, 0.5) is 0 Å². The van der Waals surface area contributed by atoms with Gasteiger partial charge in [0.15, 0.2) is 0 Å². The number of Topliss-reactive ketones (excluding diaryl/α,β-unsaturated/α-hetero) is 1. The largest absolute Gasteiger partial charge is 0.299 e. The van der Waals surface area contributed by atoms with E-state index < -0.39 is 0 Å². The molecule has 1 aromatic rings. The molecule has 0 N–H and O–H groups in total. The smallest absolute Gasteiger partial charge is 0.135 e. The highest BCUT2D eigenvalue weighted by atomic mass is 16.1. The summed E-state index contributed by atoms with van der Waals surface area (Å²) in [4.78, 5) is 17.3. The van der Waals surface area contributed by atoms with Gasteiger partial charge in [0, 0.05) is 63.8 Å². The van der Waals surface area contributed by atoms with Crippen LogP contribution < -0.4 is 0 Å². The van der Waals surface area contributed by atoms with Crippen LogP contribution in [0.15, 0.2) is 6.20 Å². The highest BCUT2D eigenvalue weighted by Gasteiger charge is 2.39. The lowest BCUT2D eigenvalue weighted by Gasteiger charge is -2.41. The number of nitrogens with zero attached hydrogens (tertiary/aromatic N) is 5. The molecule has 1 saturated heterocycles. The molecule has 1 fully saturated rings. The SMILES string of the molecule is CC(C)C(=O)CC(C)(C)C(C)(C)Cn1cc(CN2CCN(C(C)C)CC2)nn1. The normalized spacial score (nSPS) is 17.6. The van der Waals surface area contributed by atoms with Crippen molar-refractivity contribution < 1.29 is 4.79 Å². The molecule has 1 aromatic heterocycles. The summed E-state index contributed by atoms with van der Waals surface area (Å²) in [6.07, 6.45) is 2.68. The summed E-state index contributed by atoms with van der Waals surface area (Å²) in [7, 11) is 0. The third-order valence-corrected chi connectivity index (χ3v) is 6.76. The summed E-state index contributed by atoms with van der Waals surface area (Å²) in [5.41, 5.74) is 0.865. The molecule has 0 saturated carbocycles. The Hall–Kier alpha value is -1.27. The van der Waals surface area contributed by atoms with Gasteiger partial charge in [-0.3, -0.25) is 19.3 Å². The van der Waals surface area contributed by atoms with E-state index in [4.69, 9.17) is 0 Å². The summed E-state index contributed by atoms with van der Waals surface area (Å²) in [6.45, 7) is 23.4. The Morgan fingerprint density at radius 3 is 2.18 bits per heavy atom. The van der Waals surface area contributed by atoms with Crippen molar-refractivity contribution in [3.8, 4) is 0 Å². The van der Waals surface area contributed by atoms with Crippen molar-refractivity contribution in [2.75, 3.05) is 26.2 Å². The zero-order valence-electron chi connectivity index (χ0n) is 19.3. The molecule has 0 spiro atoms. The minimum Gasteiger partial charge on any atom is -0.299 e. The van der Waals surface area contributed by atoms with E-state index in [1.54, 1.807) is 0 Å². The molecule has 6 nitrogen and oxygen atoms in total. The van der Waals surface area contributed by atoms with Crippen LogP contribution in [-0.4, -0.2) is 62.8 Å². The minimum atomic E-state index is -0.104. The standard InChI is InChI=1S/C22H41N5O/c1-17(2)20(28)13-21(5,6)22(7,8)16-27-15-19(23-24-27)14-25-9-11-26(12-10-25)18(3)4/h15,17-18H,9-14,16H2,1-8H3. The molecule has 6 heteroatoms. The third-order valence-electron chi connectivity index (χ3n) is 6.76. The molecule has 0 bridgehead atoms. The fourth-order valence-corrected chi connectivity index (χ4v) is 3.65. The van der Waals surface area contributed by atoms with Crippen molar-refractivity contribution >= 4 is 5.78 Å². The maximum Gasteiger partial charge on any atom is 0.135 e. The maximum absolute atomic E-state index is 12.3. The lowest BCUT2D eigenvalue weighted by molar-refractivity contribution is -0.126. The second-order valence-corrected chi connectivity index (χ2v) is 10.4. The first-order valence-electron chi connectivity index (χ1n) is 10.8. The Balaban J connectivity index is 1.93. The highest BCUT2D eigenvalue weighted by Crippen LogP contribution is 2.43. The number of hydrogen-bond donors (Lipinski definition) is 0. The van der Waals surface area contributed by atoms with Gasteiger partial charge < -0.3 is 0 Å². The number of carbonyl (C=O) groups is 1. The first-order chi connectivity index (χ1) is 12.9. The summed E-state index contributed by atoms with van der Waals surface area (Å²) in [6, 6.07) is 0.621. The van der Waals surface area contributed by atoms with Crippen LogP contribution >= 0.6 is 0 Å². The summed E-state index contributed by atoms with van der Waals surface area (Å²) in [5.74, 6) is 0.419. The Kier molecular flexibility index (Phi) is 7.43. The molecular weight excluding hydrogens is 350 g/mol. The van der Waals surface area contributed by atoms with Gasteiger partial charge in [0.1, 0.15) is 5.78 Å². The predicted octanol–water partition coefficient (Wildman–Crippen LogP) is 3.47. The van der Waals surface area contributed by atoms with Gasteiger partial charge in [0.2, 0.25) is 0 Å². The number of rotatable bonds is 9. The predicted molar refractivity (Wildman–Crippen MR) is 114 cm³/mol. The zero-order valence-corrected chi connectivity index (χ0v) is 19.3. The summed E-state index contributed by atoms with van der Waals surface area (Å²) < 4.78 is 1.96. The van der Waals surface area contributed by atoms with Crippen molar-refractivity contribution in [1.29, 1.82) is 0 Å². The van der Waals surface area contributed by atoms with E-state index in [1.807, 2.05) is 18.5 Å². The third kappa shape index (κ3) is 5.86. The molecular formula is C22H41N5O. The topological polar surface area (TPSA) is 54.3 Å². The van der Waals surface area contributed by atoms with Gasteiger partial charge >= 0.3 is 0 Å². The van der Waals surface area contributed by atoms with E-state index in [1.165, 1.54) is 0 Å². The Bertz CT molecular complexity index is 639. The van der Waals surface area contributed by atoms with Crippen molar-refractivity contribution in [3.63, 3.8) is 0 Å². The quantitative estimate of drug-likeness (QED) is 0.645. The lowest BCUT2D eigenvalue weighted by Crippen LogP contribution is -2.48. The summed E-state index contributed by atoms with van der Waals surface area (Å²) in [5, 5.41) is 8.79. The molecule has 1 aliphatic rings. The van der Waals surface area contributed by atoms with Gasteiger partial charge in [-0.25, -0.2) is 0 Å². The fourth-order valence-electron chi connectivity index (χ4n) is 3.65. The van der Waals surface area contributed by atoms with Crippen molar-refractivity contribution in [2.24, 2.45) is 16.7 Å². The second-order valence-electron chi connectivity index (χ2n) is 10.4. The van der Waals surface area contributed by atoms with Crippen LogP contribution in [0.1, 0.15) is 67.5 Å². The first kappa shape index (κ1) is 23.0. The molecule has 1 aliphatic heterocycles. The van der Waals surface area contributed by atoms with Gasteiger partial charge in [-0.2, -0.15) is 0 Å². The maximum atomic E-state index is 12.3. The minimum absolute atomic E-state index is 0.0641. The average Bonchev–Trinajstić information content (AvgIpc) is 3.00. The molecule has 0 radical (unpaired) electrons. The van der Waals surface area contributed by atoms with Crippen LogP contribution in [0.25, 0.3) is 0 Å². The number of hydrogen-bond acceptors (Lipinski definition) is 5. The van der Waals surface area contributed by atoms with E-state index >= 15 is 0 Å². The molecule has 2 rings (SSSR count). The van der Waals surface area contributed by atoms with E-state index in [0.29, 0.717) is 18.2 Å². The van der Waals surface area contributed by atoms with Gasteiger partial charge in [-0.15, -0.1) is 5.10 Å². The monoisotopic (exact) mass is 391 g/mol. The van der Waals surface area contributed by atoms with Gasteiger partial charge in [0.05, 0.1) is 5.69 Å². The van der Waals surface area contributed by atoms with Crippen molar-refractivity contribution in [1.82, 2.24) is 24.8 Å². The van der Waals surface area contributed by atoms with E-state index in [-0.39, 0.29) is 16.7 Å². The molecule has 0 unspecified atom stereocenters. The van der Waals surface area contributed by atoms with Gasteiger partial charge in [0.25, 0.3) is 0 Å². The lowest BCUT2D eigenvalue weighted by atomic mass is 9.64. The number of piperazine rings is 1. The number of aromatic nitrogens is 3. The molecule has 160 valence electrons. The first-order valence-corrected chi connectivity index (χ1v) is 10.8. The van der Waals surface area contributed by atoms with Crippen molar-refractivity contribution in [2.45, 2.75) is 80.9 Å². The van der Waals surface area contributed by atoms with Crippen LogP contribution in [0.2, 0.25) is 0 Å². The molecule has 0 aliphatic carbocycles. The van der Waals surface area contributed by atoms with Crippen molar-refractivity contribution in [3.05, 3.63) is 11.9 Å². The molecule has 0 atom stereocenters. The Morgan fingerprint density at radius 1 is 1.04 bits per heavy atom. The number of carbonyl (C=O) groups excluding carboxylic acids is 1.